The summed E-state index contributed by atoms with van der Waals surface area (Å²) >= 11 is 1.30. The molecule has 2 N–H and O–H groups in total. The molecule has 0 aliphatic rings. The SMILES string of the molecule is CC(Nc1ccc(F)cc1)C(=O)Nc1sccc1C#N. The first kappa shape index (κ1) is 14.0. The molecule has 0 bridgehead atoms. The van der Waals surface area contributed by atoms with Crippen molar-refractivity contribution in [3.8, 4) is 6.07 Å². The smallest absolute Gasteiger partial charge is 0.247 e. The molecule has 1 atom stereocenters. The molecule has 20 heavy (non-hydrogen) atoms. The minimum Gasteiger partial charge on any atom is -0.374 e. The quantitative estimate of drug-likeness (QED) is 0.908. The number of carbonyl (C=O) groups excluding carboxylic acids is 1. The number of hydrogen-bond acceptors (Lipinski definition) is 4. The summed E-state index contributed by atoms with van der Waals surface area (Å²) in [5.41, 5.74) is 1.10. The van der Waals surface area contributed by atoms with Gasteiger partial charge in [-0.2, -0.15) is 5.26 Å². The number of benzene rings is 1. The van der Waals surface area contributed by atoms with E-state index >= 15 is 0 Å². The molecule has 0 saturated carbocycles. The van der Waals surface area contributed by atoms with E-state index in [1.54, 1.807) is 30.5 Å². The van der Waals surface area contributed by atoms with Crippen molar-refractivity contribution < 1.29 is 9.18 Å². The lowest BCUT2D eigenvalue weighted by atomic mass is 10.2. The number of hydrogen-bond donors (Lipinski definition) is 2. The topological polar surface area (TPSA) is 64.9 Å². The average molecular weight is 289 g/mol. The van der Waals surface area contributed by atoms with Crippen LogP contribution in [-0.4, -0.2) is 11.9 Å². The molecule has 1 unspecified atom stereocenters. The van der Waals surface area contributed by atoms with Crippen LogP contribution in [0.15, 0.2) is 35.7 Å². The molecule has 1 heterocycles. The lowest BCUT2D eigenvalue weighted by molar-refractivity contribution is -0.116. The van der Waals surface area contributed by atoms with Crippen molar-refractivity contribution in [2.45, 2.75) is 13.0 Å². The van der Waals surface area contributed by atoms with Crippen LogP contribution in [0.1, 0.15) is 12.5 Å². The molecule has 2 aromatic rings. The van der Waals surface area contributed by atoms with Gasteiger partial charge >= 0.3 is 0 Å². The Morgan fingerprint density at radius 3 is 2.70 bits per heavy atom. The van der Waals surface area contributed by atoms with Gasteiger partial charge in [0.15, 0.2) is 0 Å². The van der Waals surface area contributed by atoms with Gasteiger partial charge in [0.2, 0.25) is 5.91 Å². The number of nitrogens with one attached hydrogen (secondary N) is 2. The van der Waals surface area contributed by atoms with Gasteiger partial charge in [0, 0.05) is 5.69 Å². The van der Waals surface area contributed by atoms with Crippen LogP contribution in [0.25, 0.3) is 0 Å². The Bertz CT molecular complexity index is 645. The predicted molar refractivity (Wildman–Crippen MR) is 77.1 cm³/mol. The second-order valence-corrected chi connectivity index (χ2v) is 5.05. The van der Waals surface area contributed by atoms with E-state index in [0.717, 1.165) is 0 Å². The highest BCUT2D eigenvalue weighted by Gasteiger charge is 2.15. The highest BCUT2D eigenvalue weighted by Crippen LogP contribution is 2.22. The van der Waals surface area contributed by atoms with Gasteiger partial charge in [-0.05, 0) is 42.6 Å². The summed E-state index contributed by atoms with van der Waals surface area (Å²) in [6.45, 7) is 1.69. The second kappa shape index (κ2) is 6.17. The molecule has 1 aromatic heterocycles. The Morgan fingerprint density at radius 2 is 2.05 bits per heavy atom. The third-order valence-corrected chi connectivity index (χ3v) is 3.47. The predicted octanol–water partition coefficient (Wildman–Crippen LogP) is 3.20. The van der Waals surface area contributed by atoms with E-state index in [4.69, 9.17) is 5.26 Å². The summed E-state index contributed by atoms with van der Waals surface area (Å²) in [6, 6.07) is 8.91. The number of anilines is 2. The number of rotatable bonds is 4. The summed E-state index contributed by atoms with van der Waals surface area (Å²) in [5, 5.41) is 16.8. The van der Waals surface area contributed by atoms with Gasteiger partial charge < -0.3 is 10.6 Å². The van der Waals surface area contributed by atoms with Crippen molar-refractivity contribution >= 4 is 27.9 Å². The van der Waals surface area contributed by atoms with Gasteiger partial charge in [-0.25, -0.2) is 4.39 Å². The lowest BCUT2D eigenvalue weighted by Crippen LogP contribution is -2.31. The van der Waals surface area contributed by atoms with E-state index in [-0.39, 0.29) is 11.7 Å². The van der Waals surface area contributed by atoms with Crippen LogP contribution < -0.4 is 10.6 Å². The zero-order valence-electron chi connectivity index (χ0n) is 10.7. The van der Waals surface area contributed by atoms with Gasteiger partial charge in [-0.15, -0.1) is 11.3 Å². The number of halogens is 1. The highest BCUT2D eigenvalue weighted by atomic mass is 32.1. The zero-order chi connectivity index (χ0) is 14.5. The monoisotopic (exact) mass is 289 g/mol. The van der Waals surface area contributed by atoms with Crippen LogP contribution in [0.5, 0.6) is 0 Å². The summed E-state index contributed by atoms with van der Waals surface area (Å²) in [7, 11) is 0. The van der Waals surface area contributed by atoms with Crippen LogP contribution in [-0.2, 0) is 4.79 Å². The fourth-order valence-electron chi connectivity index (χ4n) is 1.58. The van der Waals surface area contributed by atoms with Crippen molar-refractivity contribution in [3.05, 3.63) is 47.1 Å². The first-order valence-corrected chi connectivity index (χ1v) is 6.78. The molecule has 4 nitrogen and oxygen atoms in total. The standard InChI is InChI=1S/C14H12FN3OS/c1-9(17-12-4-2-11(15)3-5-12)13(19)18-14-10(8-16)6-7-20-14/h2-7,9,17H,1H3,(H,18,19). The van der Waals surface area contributed by atoms with Crippen molar-refractivity contribution in [2.75, 3.05) is 10.6 Å². The van der Waals surface area contributed by atoms with E-state index in [2.05, 4.69) is 10.6 Å². The third kappa shape index (κ3) is 3.33. The van der Waals surface area contributed by atoms with E-state index < -0.39 is 6.04 Å². The number of amides is 1. The molecule has 6 heteroatoms. The fraction of sp³-hybridized carbons (Fsp3) is 0.143. The maximum absolute atomic E-state index is 12.8. The number of nitriles is 1. The zero-order valence-corrected chi connectivity index (χ0v) is 11.5. The molecule has 0 aliphatic heterocycles. The number of nitrogens with zero attached hydrogens (tertiary/aromatic N) is 1. The van der Waals surface area contributed by atoms with Crippen molar-refractivity contribution in [1.82, 2.24) is 0 Å². The van der Waals surface area contributed by atoms with Crippen LogP contribution in [0.2, 0.25) is 0 Å². The summed E-state index contributed by atoms with van der Waals surface area (Å²) in [6.07, 6.45) is 0. The Balaban J connectivity index is 1.99. The second-order valence-electron chi connectivity index (χ2n) is 4.14. The highest BCUT2D eigenvalue weighted by molar-refractivity contribution is 7.14. The van der Waals surface area contributed by atoms with Crippen LogP contribution in [0.4, 0.5) is 15.1 Å². The Hall–Kier alpha value is -2.39. The fourth-order valence-corrected chi connectivity index (χ4v) is 2.32. The van der Waals surface area contributed by atoms with Crippen molar-refractivity contribution in [1.29, 1.82) is 5.26 Å². The molecular formula is C14H12FN3OS. The minimum absolute atomic E-state index is 0.256. The number of thiophene rings is 1. The van der Waals surface area contributed by atoms with Gasteiger partial charge in [0.1, 0.15) is 22.9 Å². The molecule has 1 amide bonds. The Kier molecular flexibility index (Phi) is 4.33. The Morgan fingerprint density at radius 1 is 1.35 bits per heavy atom. The van der Waals surface area contributed by atoms with E-state index in [1.807, 2.05) is 6.07 Å². The molecule has 2 rings (SSSR count). The molecule has 0 saturated heterocycles. The lowest BCUT2D eigenvalue weighted by Gasteiger charge is -2.14. The summed E-state index contributed by atoms with van der Waals surface area (Å²) in [4.78, 5) is 12.0. The Labute approximate surface area is 119 Å². The normalized spacial score (nSPS) is 11.4. The van der Waals surface area contributed by atoms with Crippen molar-refractivity contribution in [3.63, 3.8) is 0 Å². The largest absolute Gasteiger partial charge is 0.374 e. The molecule has 102 valence electrons. The molecule has 1 aromatic carbocycles. The van der Waals surface area contributed by atoms with Gasteiger partial charge in [0.25, 0.3) is 0 Å². The maximum atomic E-state index is 12.8. The van der Waals surface area contributed by atoms with Crippen LogP contribution in [0.3, 0.4) is 0 Å². The van der Waals surface area contributed by atoms with Crippen LogP contribution >= 0.6 is 11.3 Å². The number of carbonyl (C=O) groups is 1. The first-order chi connectivity index (χ1) is 9.60. The maximum Gasteiger partial charge on any atom is 0.247 e. The van der Waals surface area contributed by atoms with E-state index in [1.165, 1.54) is 23.5 Å². The summed E-state index contributed by atoms with van der Waals surface area (Å²) < 4.78 is 12.8. The van der Waals surface area contributed by atoms with Gasteiger partial charge in [-0.1, -0.05) is 0 Å². The van der Waals surface area contributed by atoms with E-state index in [9.17, 15) is 9.18 Å². The van der Waals surface area contributed by atoms with E-state index in [0.29, 0.717) is 16.3 Å². The van der Waals surface area contributed by atoms with Crippen LogP contribution in [0, 0.1) is 17.1 Å². The molecular weight excluding hydrogens is 277 g/mol. The van der Waals surface area contributed by atoms with Crippen molar-refractivity contribution in [2.24, 2.45) is 0 Å². The minimum atomic E-state index is -0.505. The molecule has 0 fully saturated rings. The molecule has 0 spiro atoms. The molecule has 0 aliphatic carbocycles. The van der Waals surface area contributed by atoms with Gasteiger partial charge in [0.05, 0.1) is 5.56 Å². The first-order valence-electron chi connectivity index (χ1n) is 5.90. The third-order valence-electron chi connectivity index (χ3n) is 2.64. The summed E-state index contributed by atoms with van der Waals surface area (Å²) in [5.74, 6) is -0.585. The molecule has 0 radical (unpaired) electrons. The average Bonchev–Trinajstić information content (AvgIpc) is 2.88. The van der Waals surface area contributed by atoms with Gasteiger partial charge in [-0.3, -0.25) is 4.79 Å².